The van der Waals surface area contributed by atoms with Crippen molar-refractivity contribution in [2.45, 2.75) is 25.9 Å². The number of pyridine rings is 1. The summed E-state index contributed by atoms with van der Waals surface area (Å²) >= 11 is 0. The number of halogens is 1. The number of rotatable bonds is 9. The van der Waals surface area contributed by atoms with Gasteiger partial charge in [0.2, 0.25) is 5.91 Å². The lowest BCUT2D eigenvalue weighted by Gasteiger charge is -2.16. The number of nitrogens with one attached hydrogen (secondary N) is 2. The maximum absolute atomic E-state index is 13.4. The van der Waals surface area contributed by atoms with Gasteiger partial charge in [-0.2, -0.15) is 0 Å². The monoisotopic (exact) mass is 475 g/mol. The van der Waals surface area contributed by atoms with Crippen molar-refractivity contribution in [3.05, 3.63) is 89.8 Å². The predicted octanol–water partition coefficient (Wildman–Crippen LogP) is 3.56. The molecule has 8 nitrogen and oxygen atoms in total. The van der Waals surface area contributed by atoms with Crippen LogP contribution in [0.4, 0.5) is 10.1 Å². The summed E-state index contributed by atoms with van der Waals surface area (Å²) in [4.78, 5) is 34.3. The molecule has 0 aliphatic rings. The number of nitrogens with zero attached hydrogens (tertiary/aromatic N) is 3. The topological polar surface area (TPSA) is 98.1 Å². The third-order valence-corrected chi connectivity index (χ3v) is 5.40. The Morgan fingerprint density at radius 2 is 1.91 bits per heavy atom. The van der Waals surface area contributed by atoms with Gasteiger partial charge in [-0.05, 0) is 48.9 Å². The Balaban J connectivity index is 1.66. The van der Waals surface area contributed by atoms with Gasteiger partial charge in [-0.3, -0.25) is 14.6 Å². The Kier molecular flexibility index (Phi) is 7.47. The third-order valence-electron chi connectivity index (χ3n) is 5.40. The van der Waals surface area contributed by atoms with Crippen molar-refractivity contribution in [2.24, 2.45) is 0 Å². The van der Waals surface area contributed by atoms with Crippen molar-refractivity contribution in [2.75, 3.05) is 19.0 Å². The molecule has 4 aromatic rings. The van der Waals surface area contributed by atoms with Crippen molar-refractivity contribution in [3.8, 4) is 0 Å². The summed E-state index contributed by atoms with van der Waals surface area (Å²) in [6.45, 7) is 2.19. The van der Waals surface area contributed by atoms with Crippen LogP contribution < -0.4 is 10.6 Å². The van der Waals surface area contributed by atoms with Crippen LogP contribution in [0.3, 0.4) is 0 Å². The van der Waals surface area contributed by atoms with Crippen molar-refractivity contribution in [1.82, 2.24) is 19.9 Å². The first-order valence-corrected chi connectivity index (χ1v) is 11.2. The van der Waals surface area contributed by atoms with E-state index in [1.165, 1.54) is 19.2 Å². The molecule has 180 valence electrons. The van der Waals surface area contributed by atoms with Crippen molar-refractivity contribution in [1.29, 1.82) is 0 Å². The van der Waals surface area contributed by atoms with E-state index in [-0.39, 0.29) is 30.3 Å². The first kappa shape index (κ1) is 24.0. The second kappa shape index (κ2) is 10.9. The number of hydrogen-bond acceptors (Lipinski definition) is 5. The van der Waals surface area contributed by atoms with E-state index in [0.29, 0.717) is 35.2 Å². The molecule has 1 unspecified atom stereocenters. The van der Waals surface area contributed by atoms with Gasteiger partial charge in [0.15, 0.2) is 0 Å². The van der Waals surface area contributed by atoms with E-state index in [1.54, 1.807) is 36.8 Å². The molecular weight excluding hydrogens is 449 g/mol. The van der Waals surface area contributed by atoms with Gasteiger partial charge in [-0.1, -0.05) is 18.2 Å². The van der Waals surface area contributed by atoms with Crippen LogP contribution in [0.1, 0.15) is 28.5 Å². The smallest absolute Gasteiger partial charge is 0.253 e. The highest BCUT2D eigenvalue weighted by atomic mass is 19.1. The number of methoxy groups -OCH3 is 1. The number of ether oxygens (including phenoxy) is 1. The lowest BCUT2D eigenvalue weighted by Crippen LogP contribution is -2.34. The molecule has 35 heavy (non-hydrogen) atoms. The fourth-order valence-corrected chi connectivity index (χ4v) is 3.87. The van der Waals surface area contributed by atoms with Crippen LogP contribution in [0, 0.1) is 5.82 Å². The molecule has 0 saturated heterocycles. The highest BCUT2D eigenvalue weighted by Crippen LogP contribution is 2.25. The van der Waals surface area contributed by atoms with Gasteiger partial charge >= 0.3 is 0 Å². The highest BCUT2D eigenvalue weighted by Gasteiger charge is 2.19. The zero-order valence-corrected chi connectivity index (χ0v) is 19.5. The minimum atomic E-state index is -0.340. The fourth-order valence-electron chi connectivity index (χ4n) is 3.87. The molecule has 2 amide bonds. The van der Waals surface area contributed by atoms with Crippen LogP contribution in [-0.2, 0) is 22.5 Å². The predicted molar refractivity (Wildman–Crippen MR) is 131 cm³/mol. The SMILES string of the molecule is COCC(=O)Nc1cc(C(=O)NC(C)Cc2ccccn2)c2c(c1)ncn2Cc1ccc(F)cc1. The summed E-state index contributed by atoms with van der Waals surface area (Å²) in [6, 6.07) is 15.0. The van der Waals surface area contributed by atoms with Crippen LogP contribution in [-0.4, -0.2) is 46.1 Å². The number of anilines is 1. The number of amides is 2. The van der Waals surface area contributed by atoms with Gasteiger partial charge in [-0.25, -0.2) is 9.37 Å². The van der Waals surface area contributed by atoms with Gasteiger partial charge < -0.3 is 19.9 Å². The fraction of sp³-hybridized carbons (Fsp3) is 0.231. The first-order chi connectivity index (χ1) is 16.9. The molecular formula is C26H26FN5O3. The average Bonchev–Trinajstić information content (AvgIpc) is 3.23. The normalized spacial score (nSPS) is 11.9. The van der Waals surface area contributed by atoms with Gasteiger partial charge in [0.1, 0.15) is 12.4 Å². The van der Waals surface area contributed by atoms with Crippen LogP contribution in [0.2, 0.25) is 0 Å². The Bertz CT molecular complexity index is 1320. The summed E-state index contributed by atoms with van der Waals surface area (Å²) < 4.78 is 20.1. The number of aromatic nitrogens is 3. The molecule has 2 N–H and O–H groups in total. The molecule has 1 atom stereocenters. The molecule has 2 aromatic heterocycles. The summed E-state index contributed by atoms with van der Waals surface area (Å²) in [5.41, 5.74) is 3.69. The molecule has 2 heterocycles. The second-order valence-electron chi connectivity index (χ2n) is 8.27. The third kappa shape index (κ3) is 6.07. The quantitative estimate of drug-likeness (QED) is 0.386. The number of carbonyl (C=O) groups excluding carboxylic acids is 2. The molecule has 2 aromatic carbocycles. The van der Waals surface area contributed by atoms with Crippen LogP contribution >= 0.6 is 0 Å². The molecule has 0 aliphatic heterocycles. The number of benzene rings is 2. The lowest BCUT2D eigenvalue weighted by molar-refractivity contribution is -0.119. The summed E-state index contributed by atoms with van der Waals surface area (Å²) in [5, 5.41) is 5.77. The van der Waals surface area contributed by atoms with Gasteiger partial charge in [0.25, 0.3) is 5.91 Å². The van der Waals surface area contributed by atoms with Crippen molar-refractivity contribution in [3.63, 3.8) is 0 Å². The van der Waals surface area contributed by atoms with E-state index in [0.717, 1.165) is 11.3 Å². The van der Waals surface area contributed by atoms with Crippen molar-refractivity contribution >= 4 is 28.5 Å². The maximum Gasteiger partial charge on any atom is 0.253 e. The van der Waals surface area contributed by atoms with E-state index in [1.807, 2.05) is 29.7 Å². The number of fused-ring (bicyclic) bond motifs is 1. The van der Waals surface area contributed by atoms with Gasteiger partial charge in [0, 0.05) is 43.7 Å². The maximum atomic E-state index is 13.4. The molecule has 4 rings (SSSR count). The summed E-state index contributed by atoms with van der Waals surface area (Å²) in [5.74, 6) is -0.961. The van der Waals surface area contributed by atoms with E-state index >= 15 is 0 Å². The number of carbonyl (C=O) groups is 2. The second-order valence-corrected chi connectivity index (χ2v) is 8.27. The number of hydrogen-bond donors (Lipinski definition) is 2. The average molecular weight is 476 g/mol. The van der Waals surface area contributed by atoms with Crippen LogP contribution in [0.15, 0.2) is 67.1 Å². The standard InChI is InChI=1S/C26H26FN5O3/c1-17(11-20-5-3-4-10-28-20)30-26(34)22-12-21(31-24(33)15-35-2)13-23-25(22)32(16-29-23)14-18-6-8-19(27)9-7-18/h3-10,12-13,16-17H,11,14-15H2,1-2H3,(H,30,34)(H,31,33). The Hall–Kier alpha value is -4.11. The van der Waals surface area contributed by atoms with Crippen LogP contribution in [0.25, 0.3) is 11.0 Å². The Morgan fingerprint density at radius 1 is 1.11 bits per heavy atom. The zero-order chi connectivity index (χ0) is 24.8. The zero-order valence-electron chi connectivity index (χ0n) is 19.5. The van der Waals surface area contributed by atoms with Crippen molar-refractivity contribution < 1.29 is 18.7 Å². The summed E-state index contributed by atoms with van der Waals surface area (Å²) in [7, 11) is 1.43. The minimum Gasteiger partial charge on any atom is -0.375 e. The number of imidazole rings is 1. The molecule has 0 radical (unpaired) electrons. The largest absolute Gasteiger partial charge is 0.375 e. The summed E-state index contributed by atoms with van der Waals surface area (Å²) in [6.07, 6.45) is 3.91. The highest BCUT2D eigenvalue weighted by molar-refractivity contribution is 6.07. The van der Waals surface area contributed by atoms with E-state index in [9.17, 15) is 14.0 Å². The van der Waals surface area contributed by atoms with Gasteiger partial charge in [0.05, 0.1) is 22.9 Å². The molecule has 0 aliphatic carbocycles. The Labute approximate surface area is 202 Å². The van der Waals surface area contributed by atoms with E-state index in [2.05, 4.69) is 20.6 Å². The first-order valence-electron chi connectivity index (χ1n) is 11.2. The van der Waals surface area contributed by atoms with E-state index in [4.69, 9.17) is 4.74 Å². The lowest BCUT2D eigenvalue weighted by atomic mass is 10.1. The van der Waals surface area contributed by atoms with E-state index < -0.39 is 0 Å². The van der Waals surface area contributed by atoms with Crippen LogP contribution in [0.5, 0.6) is 0 Å². The molecule has 0 saturated carbocycles. The Morgan fingerprint density at radius 3 is 2.63 bits per heavy atom. The minimum absolute atomic E-state index is 0.111. The van der Waals surface area contributed by atoms with Gasteiger partial charge in [-0.15, -0.1) is 0 Å². The molecule has 9 heteroatoms. The molecule has 0 spiro atoms. The molecule has 0 bridgehead atoms. The molecule has 0 fully saturated rings.